The van der Waals surface area contributed by atoms with E-state index in [0.717, 1.165) is 15.4 Å². The summed E-state index contributed by atoms with van der Waals surface area (Å²) in [7, 11) is -3.97. The second-order valence-corrected chi connectivity index (χ2v) is 11.0. The molecule has 0 heterocycles. The van der Waals surface area contributed by atoms with E-state index in [4.69, 9.17) is 0 Å². The average molecular weight is 504 g/mol. The maximum atomic E-state index is 13.3. The summed E-state index contributed by atoms with van der Waals surface area (Å²) in [6.07, 6.45) is 1.18. The van der Waals surface area contributed by atoms with Gasteiger partial charge in [-0.25, -0.2) is 8.42 Å². The molecular formula is C26H37N3O5S. The highest BCUT2D eigenvalue weighted by Crippen LogP contribution is 2.23. The maximum absolute atomic E-state index is 13.3. The summed E-state index contributed by atoms with van der Waals surface area (Å²) in [6, 6.07) is 15.0. The Morgan fingerprint density at radius 2 is 1.66 bits per heavy atom. The second kappa shape index (κ2) is 14.0. The molecule has 0 unspecified atom stereocenters. The number of hydrogen-bond donors (Lipinski definition) is 3. The van der Waals surface area contributed by atoms with E-state index in [9.17, 15) is 23.1 Å². The highest BCUT2D eigenvalue weighted by atomic mass is 32.2. The zero-order valence-corrected chi connectivity index (χ0v) is 21.6. The number of benzene rings is 2. The standard InChI is InChI=1S/C26H37N3O5S/c1-20(2)19-29(35(33,34)23-14-12-21(3)13-15-23)24(26(31)32)11-7-8-16-28-25(30)18-27-17-22-9-5-4-6-10-22/h4-6,9-10,12-15,20,24,27H,7-8,11,16-19H2,1-3H3,(H,28,30)(H,31,32)/t24-/m0/s1. The first-order valence-corrected chi connectivity index (χ1v) is 13.4. The quantitative estimate of drug-likeness (QED) is 0.322. The molecular weight excluding hydrogens is 466 g/mol. The van der Waals surface area contributed by atoms with Crippen molar-refractivity contribution in [2.45, 2.75) is 57.5 Å². The lowest BCUT2D eigenvalue weighted by atomic mass is 10.1. The molecule has 192 valence electrons. The molecule has 0 radical (unpaired) electrons. The Morgan fingerprint density at radius 1 is 1.00 bits per heavy atom. The van der Waals surface area contributed by atoms with Gasteiger partial charge in [-0.15, -0.1) is 0 Å². The lowest BCUT2D eigenvalue weighted by Crippen LogP contribution is -2.46. The van der Waals surface area contributed by atoms with Gasteiger partial charge in [0.25, 0.3) is 0 Å². The molecule has 2 aromatic carbocycles. The zero-order valence-electron chi connectivity index (χ0n) is 20.7. The van der Waals surface area contributed by atoms with Crippen molar-refractivity contribution in [3.05, 3.63) is 65.7 Å². The van der Waals surface area contributed by atoms with Crippen LogP contribution < -0.4 is 10.6 Å². The van der Waals surface area contributed by atoms with Gasteiger partial charge < -0.3 is 15.7 Å². The van der Waals surface area contributed by atoms with Crippen molar-refractivity contribution in [3.63, 3.8) is 0 Å². The molecule has 0 aliphatic carbocycles. The van der Waals surface area contributed by atoms with E-state index in [1.807, 2.05) is 51.1 Å². The van der Waals surface area contributed by atoms with Crippen LogP contribution in [0.1, 0.15) is 44.2 Å². The Morgan fingerprint density at radius 3 is 2.26 bits per heavy atom. The smallest absolute Gasteiger partial charge is 0.322 e. The number of carboxylic acids is 1. The fourth-order valence-electron chi connectivity index (χ4n) is 3.66. The number of aliphatic carboxylic acids is 1. The van der Waals surface area contributed by atoms with Crippen LogP contribution in [0, 0.1) is 12.8 Å². The normalized spacial score (nSPS) is 12.6. The number of sulfonamides is 1. The number of aryl methyl sites for hydroxylation is 1. The summed E-state index contributed by atoms with van der Waals surface area (Å²) in [5.41, 5.74) is 2.01. The number of nitrogens with one attached hydrogen (secondary N) is 2. The first-order valence-electron chi connectivity index (χ1n) is 11.9. The first-order chi connectivity index (χ1) is 16.6. The Balaban J connectivity index is 1.88. The molecule has 0 aliphatic heterocycles. The minimum absolute atomic E-state index is 0.0419. The molecule has 9 heteroatoms. The highest BCUT2D eigenvalue weighted by molar-refractivity contribution is 7.89. The van der Waals surface area contributed by atoms with Gasteiger partial charge in [-0.3, -0.25) is 9.59 Å². The SMILES string of the molecule is Cc1ccc(S(=O)(=O)N(CC(C)C)[C@@H](CCCCNC(=O)CNCc2ccccc2)C(=O)O)cc1. The highest BCUT2D eigenvalue weighted by Gasteiger charge is 2.35. The molecule has 2 rings (SSSR count). The molecule has 3 N–H and O–H groups in total. The second-order valence-electron chi connectivity index (χ2n) is 9.07. The van der Waals surface area contributed by atoms with Crippen LogP contribution in [0.2, 0.25) is 0 Å². The molecule has 0 saturated heterocycles. The Hall–Kier alpha value is -2.75. The van der Waals surface area contributed by atoms with E-state index < -0.39 is 22.0 Å². The fourth-order valence-corrected chi connectivity index (χ4v) is 5.43. The summed E-state index contributed by atoms with van der Waals surface area (Å²) in [4.78, 5) is 24.2. The van der Waals surface area contributed by atoms with E-state index in [1.54, 1.807) is 12.1 Å². The van der Waals surface area contributed by atoms with Gasteiger partial charge in [0.1, 0.15) is 6.04 Å². The third-order valence-corrected chi connectivity index (χ3v) is 7.38. The number of carbonyl (C=O) groups is 2. The van der Waals surface area contributed by atoms with Crippen LogP contribution in [0.4, 0.5) is 0 Å². The van der Waals surface area contributed by atoms with Crippen molar-refractivity contribution in [3.8, 4) is 0 Å². The topological polar surface area (TPSA) is 116 Å². The van der Waals surface area contributed by atoms with Crippen LogP contribution in [0.5, 0.6) is 0 Å². The van der Waals surface area contributed by atoms with E-state index in [1.165, 1.54) is 12.1 Å². The number of carboxylic acid groups (broad SMARTS) is 1. The lowest BCUT2D eigenvalue weighted by molar-refractivity contribution is -0.142. The Labute approximate surface area is 208 Å². The maximum Gasteiger partial charge on any atom is 0.322 e. The van der Waals surface area contributed by atoms with Crippen molar-refractivity contribution >= 4 is 21.9 Å². The van der Waals surface area contributed by atoms with Gasteiger partial charge >= 0.3 is 5.97 Å². The van der Waals surface area contributed by atoms with Gasteiger partial charge in [0, 0.05) is 19.6 Å². The number of nitrogens with zero attached hydrogens (tertiary/aromatic N) is 1. The van der Waals surface area contributed by atoms with E-state index in [2.05, 4.69) is 10.6 Å². The molecule has 0 fully saturated rings. The molecule has 8 nitrogen and oxygen atoms in total. The summed E-state index contributed by atoms with van der Waals surface area (Å²) < 4.78 is 27.7. The third-order valence-electron chi connectivity index (χ3n) is 5.49. The molecule has 0 saturated carbocycles. The van der Waals surface area contributed by atoms with Crippen molar-refractivity contribution in [2.24, 2.45) is 5.92 Å². The molecule has 1 amide bonds. The Bertz CT molecular complexity index is 1040. The largest absolute Gasteiger partial charge is 0.480 e. The van der Waals surface area contributed by atoms with Crippen LogP contribution in [0.3, 0.4) is 0 Å². The number of carbonyl (C=O) groups excluding carboxylic acids is 1. The molecule has 0 aromatic heterocycles. The zero-order chi connectivity index (χ0) is 25.8. The van der Waals surface area contributed by atoms with Gasteiger partial charge in [0.2, 0.25) is 15.9 Å². The summed E-state index contributed by atoms with van der Waals surface area (Å²) >= 11 is 0. The Kier molecular flexibility index (Phi) is 11.4. The van der Waals surface area contributed by atoms with Crippen LogP contribution in [-0.2, 0) is 26.2 Å². The predicted octanol–water partition coefficient (Wildman–Crippen LogP) is 3.17. The van der Waals surface area contributed by atoms with Gasteiger partial charge in [0.15, 0.2) is 0 Å². The number of hydrogen-bond acceptors (Lipinski definition) is 5. The lowest BCUT2D eigenvalue weighted by Gasteiger charge is -2.29. The molecule has 2 aromatic rings. The van der Waals surface area contributed by atoms with E-state index in [-0.39, 0.29) is 36.2 Å². The van der Waals surface area contributed by atoms with Crippen LogP contribution >= 0.6 is 0 Å². The average Bonchev–Trinajstić information content (AvgIpc) is 2.81. The monoisotopic (exact) mass is 503 g/mol. The minimum atomic E-state index is -3.97. The van der Waals surface area contributed by atoms with E-state index in [0.29, 0.717) is 25.9 Å². The fraction of sp³-hybridized carbons (Fsp3) is 0.462. The van der Waals surface area contributed by atoms with E-state index >= 15 is 0 Å². The molecule has 0 spiro atoms. The summed E-state index contributed by atoms with van der Waals surface area (Å²) in [6.45, 7) is 6.86. The van der Waals surface area contributed by atoms with Crippen LogP contribution in [0.25, 0.3) is 0 Å². The minimum Gasteiger partial charge on any atom is -0.480 e. The van der Waals surface area contributed by atoms with Gasteiger partial charge in [-0.2, -0.15) is 4.31 Å². The van der Waals surface area contributed by atoms with Crippen LogP contribution in [-0.4, -0.2) is 55.4 Å². The van der Waals surface area contributed by atoms with Crippen LogP contribution in [0.15, 0.2) is 59.5 Å². The first kappa shape index (κ1) is 28.5. The molecule has 0 bridgehead atoms. The third kappa shape index (κ3) is 9.43. The predicted molar refractivity (Wildman–Crippen MR) is 136 cm³/mol. The number of amides is 1. The number of unbranched alkanes of at least 4 members (excludes halogenated alkanes) is 1. The van der Waals surface area contributed by atoms with Crippen molar-refractivity contribution in [1.82, 2.24) is 14.9 Å². The molecule has 0 aliphatic rings. The molecule has 35 heavy (non-hydrogen) atoms. The number of rotatable bonds is 15. The van der Waals surface area contributed by atoms with Crippen molar-refractivity contribution in [2.75, 3.05) is 19.6 Å². The summed E-state index contributed by atoms with van der Waals surface area (Å²) in [5, 5.41) is 15.8. The van der Waals surface area contributed by atoms with Crippen molar-refractivity contribution < 1.29 is 23.1 Å². The van der Waals surface area contributed by atoms with Gasteiger partial charge in [-0.1, -0.05) is 61.9 Å². The van der Waals surface area contributed by atoms with Gasteiger partial charge in [0.05, 0.1) is 11.4 Å². The molecule has 1 atom stereocenters. The van der Waals surface area contributed by atoms with Crippen molar-refractivity contribution in [1.29, 1.82) is 0 Å². The van der Waals surface area contributed by atoms with Gasteiger partial charge in [-0.05, 0) is 49.8 Å². The summed E-state index contributed by atoms with van der Waals surface area (Å²) in [5.74, 6) is -1.35.